The van der Waals surface area contributed by atoms with E-state index in [9.17, 15) is 9.59 Å². The molecule has 5 heteroatoms. The molecule has 110 valence electrons. The molecule has 4 nitrogen and oxygen atoms in total. The Kier molecular flexibility index (Phi) is 3.81. The molecular formula is C17H14N2O2S. The summed E-state index contributed by atoms with van der Waals surface area (Å²) in [6, 6.07) is 14.8. The molecule has 2 aromatic rings. The number of benzene rings is 2. The van der Waals surface area contributed by atoms with Gasteiger partial charge in [0.25, 0.3) is 0 Å². The summed E-state index contributed by atoms with van der Waals surface area (Å²) in [4.78, 5) is 25.2. The summed E-state index contributed by atoms with van der Waals surface area (Å²) in [6.07, 6.45) is 0. The number of thioether (sulfide) groups is 1. The Morgan fingerprint density at radius 3 is 2.59 bits per heavy atom. The third-order valence-electron chi connectivity index (χ3n) is 3.27. The Balaban J connectivity index is 1.99. The van der Waals surface area contributed by atoms with Gasteiger partial charge in [-0.3, -0.25) is 9.59 Å². The maximum atomic E-state index is 12.4. The molecule has 0 radical (unpaired) electrons. The molecule has 1 heterocycles. The van der Waals surface area contributed by atoms with Crippen molar-refractivity contribution in [2.75, 3.05) is 5.01 Å². The molecule has 0 unspecified atom stereocenters. The number of anilines is 1. The second-order valence-electron chi connectivity index (χ2n) is 5.00. The number of hydrogen-bond acceptors (Lipinski definition) is 4. The number of aryl methyl sites for hydroxylation is 1. The van der Waals surface area contributed by atoms with Crippen molar-refractivity contribution < 1.29 is 9.59 Å². The van der Waals surface area contributed by atoms with Crippen LogP contribution in [-0.2, 0) is 4.79 Å². The van der Waals surface area contributed by atoms with Crippen LogP contribution in [0.5, 0.6) is 0 Å². The molecule has 22 heavy (non-hydrogen) atoms. The van der Waals surface area contributed by atoms with Crippen molar-refractivity contribution >= 4 is 34.2 Å². The fourth-order valence-electron chi connectivity index (χ4n) is 2.24. The molecule has 1 aliphatic rings. The number of carbonyl (C=O) groups excluding carboxylic acids is 2. The number of fused-ring (bicyclic) bond motifs is 1. The Morgan fingerprint density at radius 2 is 1.91 bits per heavy atom. The van der Waals surface area contributed by atoms with E-state index >= 15 is 0 Å². The maximum absolute atomic E-state index is 12.4. The highest BCUT2D eigenvalue weighted by Crippen LogP contribution is 2.33. The zero-order valence-corrected chi connectivity index (χ0v) is 13.1. The van der Waals surface area contributed by atoms with Crippen LogP contribution in [0.4, 0.5) is 5.69 Å². The first kappa shape index (κ1) is 14.5. The predicted molar refractivity (Wildman–Crippen MR) is 88.4 cm³/mol. The molecular weight excluding hydrogens is 296 g/mol. The fourth-order valence-corrected chi connectivity index (χ4v) is 3.19. The predicted octanol–water partition coefficient (Wildman–Crippen LogP) is 3.65. The van der Waals surface area contributed by atoms with Gasteiger partial charge in [0, 0.05) is 17.4 Å². The van der Waals surface area contributed by atoms with Crippen molar-refractivity contribution in [1.29, 1.82) is 0 Å². The summed E-state index contributed by atoms with van der Waals surface area (Å²) < 4.78 is 0. The third kappa shape index (κ3) is 2.67. The molecule has 0 bridgehead atoms. The average Bonchev–Trinajstić information content (AvgIpc) is 2.81. The van der Waals surface area contributed by atoms with Crippen LogP contribution in [0.15, 0.2) is 58.5 Å². The maximum Gasteiger partial charge on any atom is 0.244 e. The van der Waals surface area contributed by atoms with Crippen LogP contribution < -0.4 is 5.01 Å². The number of Topliss-reactive ketones (excluding diaryl/α,β-unsaturated/α-hetero) is 1. The van der Waals surface area contributed by atoms with Gasteiger partial charge in [0.05, 0.1) is 5.69 Å². The third-order valence-corrected chi connectivity index (χ3v) is 4.30. The average molecular weight is 310 g/mol. The zero-order chi connectivity index (χ0) is 15.7. The quantitative estimate of drug-likeness (QED) is 0.796. The lowest BCUT2D eigenvalue weighted by molar-refractivity contribution is -0.116. The van der Waals surface area contributed by atoms with Gasteiger partial charge in [-0.05, 0) is 36.8 Å². The molecule has 1 amide bonds. The largest absolute Gasteiger partial charge is 0.286 e. The first-order valence-corrected chi connectivity index (χ1v) is 7.65. The summed E-state index contributed by atoms with van der Waals surface area (Å²) in [5.41, 5.74) is 2.32. The van der Waals surface area contributed by atoms with Gasteiger partial charge in [-0.2, -0.15) is 10.1 Å². The highest BCUT2D eigenvalue weighted by molar-refractivity contribution is 8.16. The van der Waals surface area contributed by atoms with Crippen LogP contribution >= 0.6 is 11.8 Å². The first-order valence-electron chi connectivity index (χ1n) is 6.84. The minimum atomic E-state index is -0.234. The van der Waals surface area contributed by atoms with Crippen molar-refractivity contribution in [3.8, 4) is 0 Å². The molecule has 0 atom stereocenters. The molecule has 3 rings (SSSR count). The molecule has 0 aliphatic carbocycles. The second-order valence-corrected chi connectivity index (χ2v) is 6.03. The Morgan fingerprint density at radius 1 is 1.14 bits per heavy atom. The van der Waals surface area contributed by atoms with Gasteiger partial charge >= 0.3 is 0 Å². The molecule has 0 fully saturated rings. The van der Waals surface area contributed by atoms with E-state index in [1.807, 2.05) is 43.3 Å². The van der Waals surface area contributed by atoms with E-state index in [4.69, 9.17) is 0 Å². The number of amides is 1. The van der Waals surface area contributed by atoms with E-state index in [2.05, 4.69) is 5.10 Å². The van der Waals surface area contributed by atoms with Crippen molar-refractivity contribution in [2.45, 2.75) is 18.7 Å². The van der Waals surface area contributed by atoms with E-state index in [0.717, 1.165) is 10.5 Å². The monoisotopic (exact) mass is 310 g/mol. The van der Waals surface area contributed by atoms with Crippen LogP contribution in [0.3, 0.4) is 0 Å². The lowest BCUT2D eigenvalue weighted by Gasteiger charge is -2.16. The van der Waals surface area contributed by atoms with E-state index in [0.29, 0.717) is 16.3 Å². The lowest BCUT2D eigenvalue weighted by atomic mass is 10.1. The highest BCUT2D eigenvalue weighted by Gasteiger charge is 2.28. The van der Waals surface area contributed by atoms with Crippen molar-refractivity contribution in [3.63, 3.8) is 0 Å². The minimum absolute atomic E-state index is 0.139. The molecule has 0 aromatic heterocycles. The number of carbonyl (C=O) groups is 2. The minimum Gasteiger partial charge on any atom is -0.286 e. The Bertz CT molecular complexity index is 799. The number of rotatable bonds is 2. The Labute approximate surface area is 132 Å². The van der Waals surface area contributed by atoms with Crippen molar-refractivity contribution in [1.82, 2.24) is 0 Å². The molecule has 0 N–H and O–H groups in total. The smallest absolute Gasteiger partial charge is 0.244 e. The topological polar surface area (TPSA) is 49.7 Å². The molecule has 0 saturated carbocycles. The summed E-state index contributed by atoms with van der Waals surface area (Å²) in [5, 5.41) is 5.89. The molecule has 0 spiro atoms. The van der Waals surface area contributed by atoms with Crippen LogP contribution in [0.1, 0.15) is 22.8 Å². The van der Waals surface area contributed by atoms with Gasteiger partial charge in [-0.25, -0.2) is 0 Å². The summed E-state index contributed by atoms with van der Waals surface area (Å²) >= 11 is 1.30. The molecule has 1 aliphatic heterocycles. The normalized spacial score (nSPS) is 15.0. The van der Waals surface area contributed by atoms with Crippen LogP contribution in [-0.4, -0.2) is 16.7 Å². The lowest BCUT2D eigenvalue weighted by Crippen LogP contribution is -2.24. The summed E-state index contributed by atoms with van der Waals surface area (Å²) in [6.45, 7) is 3.38. The number of hydrogen-bond donors (Lipinski definition) is 0. The molecule has 0 saturated heterocycles. The Hall–Kier alpha value is -2.40. The van der Waals surface area contributed by atoms with Gasteiger partial charge in [-0.15, -0.1) is 0 Å². The fraction of sp³-hybridized carbons (Fsp3) is 0.118. The summed E-state index contributed by atoms with van der Waals surface area (Å²) in [5.74, 6) is -0.373. The van der Waals surface area contributed by atoms with Crippen molar-refractivity contribution in [2.24, 2.45) is 5.10 Å². The number of hydrazone groups is 1. The van der Waals surface area contributed by atoms with E-state index in [1.165, 1.54) is 23.7 Å². The van der Waals surface area contributed by atoms with Gasteiger partial charge in [-0.1, -0.05) is 36.0 Å². The number of ketones is 1. The van der Waals surface area contributed by atoms with E-state index in [-0.39, 0.29) is 11.7 Å². The van der Waals surface area contributed by atoms with Gasteiger partial charge < -0.3 is 0 Å². The molecule has 2 aromatic carbocycles. The standard InChI is InChI=1S/C17H14N2O2S/c1-11-6-5-7-13(10-11)19(12(2)20)18-17-16(21)14-8-3-4-9-15(14)22-17/h3-10H,1-2H3/b18-17-. The van der Waals surface area contributed by atoms with E-state index in [1.54, 1.807) is 12.1 Å². The highest BCUT2D eigenvalue weighted by atomic mass is 32.2. The van der Waals surface area contributed by atoms with Gasteiger partial charge in [0.1, 0.15) is 0 Å². The van der Waals surface area contributed by atoms with Gasteiger partial charge in [0.15, 0.2) is 5.04 Å². The van der Waals surface area contributed by atoms with Gasteiger partial charge in [0.2, 0.25) is 11.7 Å². The van der Waals surface area contributed by atoms with Crippen LogP contribution in [0.25, 0.3) is 0 Å². The second kappa shape index (κ2) is 5.77. The zero-order valence-electron chi connectivity index (χ0n) is 12.2. The first-order chi connectivity index (χ1) is 10.6. The van der Waals surface area contributed by atoms with Crippen LogP contribution in [0.2, 0.25) is 0 Å². The van der Waals surface area contributed by atoms with E-state index < -0.39 is 0 Å². The van der Waals surface area contributed by atoms with Crippen molar-refractivity contribution in [3.05, 3.63) is 59.7 Å². The van der Waals surface area contributed by atoms with Crippen LogP contribution in [0, 0.1) is 6.92 Å². The number of nitrogens with zero attached hydrogens (tertiary/aromatic N) is 2. The summed E-state index contributed by atoms with van der Waals surface area (Å²) in [7, 11) is 0. The SMILES string of the molecule is CC(=O)N(/N=C1\Sc2ccccc2C1=O)c1cccc(C)c1.